The first-order chi connectivity index (χ1) is 8.90. The van der Waals surface area contributed by atoms with Crippen LogP contribution in [-0.4, -0.2) is 39.1 Å². The average molecular weight is 265 g/mol. The predicted octanol–water partition coefficient (Wildman–Crippen LogP) is 1.29. The molecule has 2 aliphatic rings. The van der Waals surface area contributed by atoms with Crippen LogP contribution in [-0.2, 0) is 9.59 Å². The molecular formula is C14H19NO4. The van der Waals surface area contributed by atoms with E-state index in [1.54, 1.807) is 6.92 Å². The van der Waals surface area contributed by atoms with E-state index in [9.17, 15) is 19.8 Å². The lowest BCUT2D eigenvalue weighted by Gasteiger charge is -2.44. The Balaban J connectivity index is 2.32. The summed E-state index contributed by atoms with van der Waals surface area (Å²) < 4.78 is 0. The van der Waals surface area contributed by atoms with Crippen molar-refractivity contribution in [2.75, 3.05) is 0 Å². The smallest absolute Gasteiger partial charge is 0.352 e. The van der Waals surface area contributed by atoms with Gasteiger partial charge in [0.2, 0.25) is 5.91 Å². The Labute approximate surface area is 112 Å². The van der Waals surface area contributed by atoms with Crippen molar-refractivity contribution in [1.29, 1.82) is 0 Å². The number of β-lactam (4-membered cyclic amide) rings is 1. The van der Waals surface area contributed by atoms with Gasteiger partial charge in [-0.2, -0.15) is 0 Å². The molecule has 0 aliphatic carbocycles. The second-order valence-electron chi connectivity index (χ2n) is 5.23. The van der Waals surface area contributed by atoms with Gasteiger partial charge in [-0.1, -0.05) is 19.9 Å². The summed E-state index contributed by atoms with van der Waals surface area (Å²) in [5.41, 5.74) is 1.51. The Morgan fingerprint density at radius 2 is 2.21 bits per heavy atom. The number of allylic oxidation sites excluding steroid dienone is 1. The highest BCUT2D eigenvalue weighted by Gasteiger charge is 2.56. The first-order valence-electron chi connectivity index (χ1n) is 6.55. The van der Waals surface area contributed by atoms with Gasteiger partial charge < -0.3 is 15.1 Å². The monoisotopic (exact) mass is 265 g/mol. The summed E-state index contributed by atoms with van der Waals surface area (Å²) in [6.45, 7) is 7.50. The van der Waals surface area contributed by atoms with Crippen molar-refractivity contribution in [3.8, 4) is 0 Å². The molecule has 3 atom stereocenters. The van der Waals surface area contributed by atoms with Gasteiger partial charge in [0.1, 0.15) is 5.70 Å². The Hall–Kier alpha value is -1.62. The van der Waals surface area contributed by atoms with Crippen molar-refractivity contribution in [3.05, 3.63) is 23.4 Å². The Morgan fingerprint density at radius 3 is 2.68 bits per heavy atom. The third-order valence-corrected chi connectivity index (χ3v) is 3.91. The molecular weight excluding hydrogens is 246 g/mol. The van der Waals surface area contributed by atoms with E-state index in [2.05, 4.69) is 6.58 Å². The van der Waals surface area contributed by atoms with Gasteiger partial charge in [0.15, 0.2) is 0 Å². The van der Waals surface area contributed by atoms with Gasteiger partial charge in [0.25, 0.3) is 0 Å². The Bertz CT molecular complexity index is 478. The van der Waals surface area contributed by atoms with Gasteiger partial charge >= 0.3 is 5.97 Å². The molecule has 0 aromatic carbocycles. The first-order valence-corrected chi connectivity index (χ1v) is 6.55. The molecule has 0 radical (unpaired) electrons. The lowest BCUT2D eigenvalue weighted by molar-refractivity contribution is -0.161. The summed E-state index contributed by atoms with van der Waals surface area (Å²) in [7, 11) is 0. The molecule has 5 heteroatoms. The summed E-state index contributed by atoms with van der Waals surface area (Å²) in [6, 6.07) is -0.220. The highest BCUT2D eigenvalue weighted by atomic mass is 16.4. The van der Waals surface area contributed by atoms with Crippen molar-refractivity contribution in [3.63, 3.8) is 0 Å². The number of aliphatic carboxylic acids is 1. The minimum atomic E-state index is -1.09. The van der Waals surface area contributed by atoms with E-state index in [-0.39, 0.29) is 17.6 Å². The number of hydrogen-bond acceptors (Lipinski definition) is 3. The number of carboxylic acids is 1. The minimum absolute atomic E-state index is 0.0605. The molecule has 5 nitrogen and oxygen atoms in total. The standard InChI is InChI=1S/C14H19NO4/c1-4-5-7(2)9-6-10-11(8(3)16)13(17)15(10)12(9)14(18)19/h8,10-11,16H,2,4-6H2,1,3H3,(H,18,19)/t8-,10-,11-/m1/s1. The number of rotatable bonds is 5. The van der Waals surface area contributed by atoms with Gasteiger partial charge in [-0.15, -0.1) is 0 Å². The number of carbonyl (C=O) groups is 2. The summed E-state index contributed by atoms with van der Waals surface area (Å²) in [4.78, 5) is 24.7. The SMILES string of the molecule is C=C(CCC)C1=C(C(=O)O)N2C(=O)[C@H]([C@@H](C)O)[C@H]2C1. The fourth-order valence-electron chi connectivity index (χ4n) is 3.04. The molecule has 2 rings (SSSR count). The van der Waals surface area contributed by atoms with Crippen LogP contribution in [0.2, 0.25) is 0 Å². The fourth-order valence-corrected chi connectivity index (χ4v) is 3.04. The minimum Gasteiger partial charge on any atom is -0.477 e. The molecule has 19 heavy (non-hydrogen) atoms. The molecule has 1 amide bonds. The normalized spacial score (nSPS) is 27.1. The van der Waals surface area contributed by atoms with Gasteiger partial charge in [-0.25, -0.2) is 4.79 Å². The maximum absolute atomic E-state index is 12.0. The Morgan fingerprint density at radius 1 is 1.58 bits per heavy atom. The van der Waals surface area contributed by atoms with E-state index in [0.29, 0.717) is 12.0 Å². The molecule has 0 saturated carbocycles. The van der Waals surface area contributed by atoms with Crippen LogP contribution in [0.15, 0.2) is 23.4 Å². The van der Waals surface area contributed by atoms with Crippen molar-refractivity contribution < 1.29 is 19.8 Å². The van der Waals surface area contributed by atoms with Crippen molar-refractivity contribution >= 4 is 11.9 Å². The molecule has 104 valence electrons. The third-order valence-electron chi connectivity index (χ3n) is 3.91. The van der Waals surface area contributed by atoms with E-state index in [1.807, 2.05) is 6.92 Å². The Kier molecular flexibility index (Phi) is 3.49. The van der Waals surface area contributed by atoms with Gasteiger partial charge in [-0.05, 0) is 30.9 Å². The molecule has 0 aromatic rings. The van der Waals surface area contributed by atoms with Crippen molar-refractivity contribution in [2.45, 2.75) is 45.3 Å². The van der Waals surface area contributed by atoms with Gasteiger partial charge in [0.05, 0.1) is 18.1 Å². The summed E-state index contributed by atoms with van der Waals surface area (Å²) in [6.07, 6.45) is 1.35. The molecule has 2 heterocycles. The zero-order valence-corrected chi connectivity index (χ0v) is 11.2. The topological polar surface area (TPSA) is 77.8 Å². The van der Waals surface area contributed by atoms with E-state index >= 15 is 0 Å². The largest absolute Gasteiger partial charge is 0.477 e. The lowest BCUT2D eigenvalue weighted by Crippen LogP contribution is -2.61. The molecule has 2 N–H and O–H groups in total. The number of nitrogens with zero attached hydrogens (tertiary/aromatic N) is 1. The highest BCUT2D eigenvalue weighted by Crippen LogP contribution is 2.45. The van der Waals surface area contributed by atoms with Gasteiger partial charge in [0, 0.05) is 0 Å². The zero-order valence-electron chi connectivity index (χ0n) is 11.2. The van der Waals surface area contributed by atoms with E-state index in [0.717, 1.165) is 18.4 Å². The maximum atomic E-state index is 12.0. The van der Waals surface area contributed by atoms with Crippen LogP contribution in [0.1, 0.15) is 33.1 Å². The van der Waals surface area contributed by atoms with E-state index in [1.165, 1.54) is 4.90 Å². The average Bonchev–Trinajstić information content (AvgIpc) is 2.64. The highest BCUT2D eigenvalue weighted by molar-refractivity contribution is 6.00. The summed E-state index contributed by atoms with van der Waals surface area (Å²) in [5.74, 6) is -1.87. The van der Waals surface area contributed by atoms with Crippen LogP contribution in [0.4, 0.5) is 0 Å². The van der Waals surface area contributed by atoms with E-state index in [4.69, 9.17) is 0 Å². The van der Waals surface area contributed by atoms with Crippen LogP contribution in [0, 0.1) is 5.92 Å². The number of carbonyl (C=O) groups excluding carboxylic acids is 1. The second kappa shape index (κ2) is 4.81. The quantitative estimate of drug-likeness (QED) is 0.734. The molecule has 0 unspecified atom stereocenters. The van der Waals surface area contributed by atoms with Crippen molar-refractivity contribution in [2.24, 2.45) is 5.92 Å². The maximum Gasteiger partial charge on any atom is 0.352 e. The first kappa shape index (κ1) is 13.8. The lowest BCUT2D eigenvalue weighted by atomic mass is 9.82. The van der Waals surface area contributed by atoms with Crippen LogP contribution >= 0.6 is 0 Å². The zero-order chi connectivity index (χ0) is 14.3. The van der Waals surface area contributed by atoms with Gasteiger partial charge in [-0.3, -0.25) is 4.79 Å². The van der Waals surface area contributed by atoms with Crippen LogP contribution < -0.4 is 0 Å². The number of amides is 1. The van der Waals surface area contributed by atoms with Crippen molar-refractivity contribution in [1.82, 2.24) is 4.90 Å². The molecule has 0 spiro atoms. The number of hydrogen-bond donors (Lipinski definition) is 2. The van der Waals surface area contributed by atoms with E-state index < -0.39 is 18.0 Å². The molecule has 2 aliphatic heterocycles. The summed E-state index contributed by atoms with van der Waals surface area (Å²) in [5, 5.41) is 18.9. The molecule has 1 fully saturated rings. The number of fused-ring (bicyclic) bond motifs is 1. The third kappa shape index (κ3) is 1.98. The molecule has 0 aromatic heterocycles. The predicted molar refractivity (Wildman–Crippen MR) is 69.1 cm³/mol. The summed E-state index contributed by atoms with van der Waals surface area (Å²) >= 11 is 0. The number of aliphatic hydroxyl groups is 1. The fraction of sp³-hybridized carbons (Fsp3) is 0.571. The number of carboxylic acid groups (broad SMARTS) is 1. The van der Waals surface area contributed by atoms with Crippen LogP contribution in [0.25, 0.3) is 0 Å². The molecule has 1 saturated heterocycles. The molecule has 0 bridgehead atoms. The second-order valence-corrected chi connectivity index (χ2v) is 5.23. The van der Waals surface area contributed by atoms with Crippen LogP contribution in [0.3, 0.4) is 0 Å². The number of aliphatic hydroxyl groups excluding tert-OH is 1. The van der Waals surface area contributed by atoms with Crippen LogP contribution in [0.5, 0.6) is 0 Å².